The Bertz CT molecular complexity index is 374. The van der Waals surface area contributed by atoms with E-state index in [0.29, 0.717) is 0 Å². The molecule has 0 saturated heterocycles. The van der Waals surface area contributed by atoms with Crippen molar-refractivity contribution in [1.29, 1.82) is 0 Å². The van der Waals surface area contributed by atoms with Crippen LogP contribution in [0.4, 0.5) is 0 Å². The second kappa shape index (κ2) is 7.80. The van der Waals surface area contributed by atoms with Crippen LogP contribution in [0.3, 0.4) is 0 Å². The molecule has 0 bridgehead atoms. The zero-order chi connectivity index (χ0) is 14.3. The van der Waals surface area contributed by atoms with Gasteiger partial charge in [-0.1, -0.05) is 44.2 Å². The van der Waals surface area contributed by atoms with Gasteiger partial charge in [-0.15, -0.1) is 0 Å². The maximum absolute atomic E-state index is 6.06. The zero-order valence-corrected chi connectivity index (χ0v) is 13.0. The van der Waals surface area contributed by atoms with E-state index in [1.807, 2.05) is 0 Å². The first-order chi connectivity index (χ1) is 9.80. The van der Waals surface area contributed by atoms with E-state index >= 15 is 0 Å². The van der Waals surface area contributed by atoms with Crippen LogP contribution in [0.5, 0.6) is 0 Å². The first kappa shape index (κ1) is 15.5. The molecule has 0 aliphatic heterocycles. The topological polar surface area (TPSA) is 21.3 Å². The minimum atomic E-state index is 0.116. The van der Waals surface area contributed by atoms with Crippen molar-refractivity contribution in [3.63, 3.8) is 0 Å². The SMILES string of the molecule is CCCNCC(CC)(COCC1CC1)c1ccccc1. The van der Waals surface area contributed by atoms with Crippen molar-refractivity contribution in [2.75, 3.05) is 26.3 Å². The molecule has 1 aliphatic rings. The van der Waals surface area contributed by atoms with E-state index in [9.17, 15) is 0 Å². The molecule has 0 spiro atoms. The highest BCUT2D eigenvalue weighted by Crippen LogP contribution is 2.32. The van der Waals surface area contributed by atoms with Crippen molar-refractivity contribution < 1.29 is 4.74 Å². The van der Waals surface area contributed by atoms with Crippen molar-refractivity contribution in [1.82, 2.24) is 5.32 Å². The molecule has 112 valence electrons. The number of ether oxygens (including phenoxy) is 1. The Morgan fingerprint density at radius 2 is 1.95 bits per heavy atom. The Kier molecular flexibility index (Phi) is 6.06. The van der Waals surface area contributed by atoms with Crippen LogP contribution in [0.15, 0.2) is 30.3 Å². The fourth-order valence-electron chi connectivity index (χ4n) is 2.67. The van der Waals surface area contributed by atoms with Gasteiger partial charge in [-0.25, -0.2) is 0 Å². The van der Waals surface area contributed by atoms with E-state index in [2.05, 4.69) is 49.5 Å². The molecule has 1 fully saturated rings. The van der Waals surface area contributed by atoms with Gasteiger partial charge in [0, 0.05) is 18.6 Å². The van der Waals surface area contributed by atoms with Gasteiger partial charge in [0.2, 0.25) is 0 Å². The van der Waals surface area contributed by atoms with Gasteiger partial charge in [-0.3, -0.25) is 0 Å². The van der Waals surface area contributed by atoms with E-state index < -0.39 is 0 Å². The lowest BCUT2D eigenvalue weighted by Gasteiger charge is -2.33. The summed E-state index contributed by atoms with van der Waals surface area (Å²) >= 11 is 0. The summed E-state index contributed by atoms with van der Waals surface area (Å²) < 4.78 is 6.06. The summed E-state index contributed by atoms with van der Waals surface area (Å²) in [6, 6.07) is 10.9. The fourth-order valence-corrected chi connectivity index (χ4v) is 2.67. The van der Waals surface area contributed by atoms with Crippen LogP contribution in [0.25, 0.3) is 0 Å². The van der Waals surface area contributed by atoms with Gasteiger partial charge < -0.3 is 10.1 Å². The molecule has 0 radical (unpaired) electrons. The Morgan fingerprint density at radius 1 is 1.20 bits per heavy atom. The quantitative estimate of drug-likeness (QED) is 0.656. The normalized spacial score (nSPS) is 17.9. The third kappa shape index (κ3) is 4.32. The van der Waals surface area contributed by atoms with Gasteiger partial charge in [0.1, 0.15) is 0 Å². The highest BCUT2D eigenvalue weighted by atomic mass is 16.5. The molecule has 0 aromatic heterocycles. The Labute approximate surface area is 123 Å². The second-order valence-corrected chi connectivity index (χ2v) is 6.14. The lowest BCUT2D eigenvalue weighted by Crippen LogP contribution is -2.42. The molecular weight excluding hydrogens is 246 g/mol. The van der Waals surface area contributed by atoms with Crippen molar-refractivity contribution in [2.45, 2.75) is 44.9 Å². The Hall–Kier alpha value is -0.860. The Morgan fingerprint density at radius 3 is 2.55 bits per heavy atom. The number of benzene rings is 1. The van der Waals surface area contributed by atoms with Gasteiger partial charge >= 0.3 is 0 Å². The van der Waals surface area contributed by atoms with Crippen molar-refractivity contribution in [3.05, 3.63) is 35.9 Å². The van der Waals surface area contributed by atoms with Crippen LogP contribution in [0.1, 0.15) is 45.1 Å². The van der Waals surface area contributed by atoms with Gasteiger partial charge in [0.15, 0.2) is 0 Å². The molecule has 2 nitrogen and oxygen atoms in total. The predicted molar refractivity (Wildman–Crippen MR) is 85.1 cm³/mol. The minimum absolute atomic E-state index is 0.116. The van der Waals surface area contributed by atoms with E-state index in [-0.39, 0.29) is 5.41 Å². The van der Waals surface area contributed by atoms with Crippen LogP contribution in [0, 0.1) is 5.92 Å². The average Bonchev–Trinajstić information content (AvgIpc) is 3.31. The molecule has 1 aromatic rings. The third-order valence-corrected chi connectivity index (χ3v) is 4.38. The average molecular weight is 275 g/mol. The van der Waals surface area contributed by atoms with Crippen LogP contribution in [-0.2, 0) is 10.2 Å². The van der Waals surface area contributed by atoms with Crippen LogP contribution >= 0.6 is 0 Å². The molecule has 20 heavy (non-hydrogen) atoms. The molecular formula is C18H29NO. The molecule has 1 N–H and O–H groups in total. The first-order valence-corrected chi connectivity index (χ1v) is 8.14. The van der Waals surface area contributed by atoms with E-state index in [1.54, 1.807) is 0 Å². The Balaban J connectivity index is 2.02. The van der Waals surface area contributed by atoms with Gasteiger partial charge in [0.05, 0.1) is 6.61 Å². The zero-order valence-electron chi connectivity index (χ0n) is 13.0. The van der Waals surface area contributed by atoms with Crippen LogP contribution in [0.2, 0.25) is 0 Å². The fraction of sp³-hybridized carbons (Fsp3) is 0.667. The van der Waals surface area contributed by atoms with Crippen molar-refractivity contribution >= 4 is 0 Å². The second-order valence-electron chi connectivity index (χ2n) is 6.14. The summed E-state index contributed by atoms with van der Waals surface area (Å²) in [6.45, 7) is 8.36. The maximum atomic E-state index is 6.06. The predicted octanol–water partition coefficient (Wildman–Crippen LogP) is 3.76. The maximum Gasteiger partial charge on any atom is 0.0575 e. The van der Waals surface area contributed by atoms with Gasteiger partial charge in [0.25, 0.3) is 0 Å². The van der Waals surface area contributed by atoms with E-state index in [0.717, 1.165) is 38.6 Å². The number of hydrogen-bond donors (Lipinski definition) is 1. The van der Waals surface area contributed by atoms with Crippen LogP contribution < -0.4 is 5.32 Å². The van der Waals surface area contributed by atoms with Crippen molar-refractivity contribution in [2.24, 2.45) is 5.92 Å². The molecule has 1 atom stereocenters. The van der Waals surface area contributed by atoms with Gasteiger partial charge in [-0.2, -0.15) is 0 Å². The molecule has 2 rings (SSSR count). The number of hydrogen-bond acceptors (Lipinski definition) is 2. The highest BCUT2D eigenvalue weighted by molar-refractivity contribution is 5.26. The summed E-state index contributed by atoms with van der Waals surface area (Å²) in [5.74, 6) is 0.837. The molecule has 1 aliphatic carbocycles. The molecule has 2 heteroatoms. The molecule has 0 heterocycles. The minimum Gasteiger partial charge on any atom is -0.380 e. The monoisotopic (exact) mass is 275 g/mol. The van der Waals surface area contributed by atoms with E-state index in [4.69, 9.17) is 4.74 Å². The third-order valence-electron chi connectivity index (χ3n) is 4.38. The van der Waals surface area contributed by atoms with Crippen molar-refractivity contribution in [3.8, 4) is 0 Å². The lowest BCUT2D eigenvalue weighted by atomic mass is 9.78. The highest BCUT2D eigenvalue weighted by Gasteiger charge is 2.31. The lowest BCUT2D eigenvalue weighted by molar-refractivity contribution is 0.0720. The smallest absolute Gasteiger partial charge is 0.0575 e. The molecule has 0 amide bonds. The number of nitrogens with one attached hydrogen (secondary N) is 1. The summed E-state index contributed by atoms with van der Waals surface area (Å²) in [5, 5.41) is 3.60. The molecule has 1 unspecified atom stereocenters. The first-order valence-electron chi connectivity index (χ1n) is 8.14. The van der Waals surface area contributed by atoms with Crippen LogP contribution in [-0.4, -0.2) is 26.3 Å². The largest absolute Gasteiger partial charge is 0.380 e. The summed E-state index contributed by atoms with van der Waals surface area (Å²) in [4.78, 5) is 0. The standard InChI is InChI=1S/C18H29NO/c1-3-12-19-14-18(4-2,15-20-13-16-10-11-16)17-8-6-5-7-9-17/h5-9,16,19H,3-4,10-15H2,1-2H3. The van der Waals surface area contributed by atoms with Gasteiger partial charge in [-0.05, 0) is 43.7 Å². The summed E-state index contributed by atoms with van der Waals surface area (Å²) in [5.41, 5.74) is 1.52. The molecule has 1 aromatic carbocycles. The molecule has 1 saturated carbocycles. The summed E-state index contributed by atoms with van der Waals surface area (Å²) in [7, 11) is 0. The summed E-state index contributed by atoms with van der Waals surface area (Å²) in [6.07, 6.45) is 5.01. The van der Waals surface area contributed by atoms with E-state index in [1.165, 1.54) is 24.8 Å². The number of rotatable bonds is 10.